The number of rotatable bonds is 19. The van der Waals surface area contributed by atoms with E-state index in [9.17, 15) is 14.2 Å². The fourth-order valence-corrected chi connectivity index (χ4v) is 3.26. The number of hydrogen-bond acceptors (Lipinski definition) is 4. The van der Waals surface area contributed by atoms with Gasteiger partial charge in [-0.05, 0) is 6.42 Å². The summed E-state index contributed by atoms with van der Waals surface area (Å²) in [5.41, 5.74) is 0. The fraction of sp³-hybridized carbons (Fsp3) is 0.895. The summed E-state index contributed by atoms with van der Waals surface area (Å²) in [7, 11) is -4.77. The molecule has 28 heavy (non-hydrogen) atoms. The largest absolute Gasteiger partial charge is 0.480 e. The van der Waals surface area contributed by atoms with Gasteiger partial charge in [-0.15, -0.1) is 0 Å². The van der Waals surface area contributed by atoms with E-state index in [0.717, 1.165) is 19.3 Å². The highest BCUT2D eigenvalue weighted by molar-refractivity contribution is 7.46. The number of aliphatic carboxylic acids is 1. The molecule has 9 heteroatoms. The molecule has 0 aromatic carbocycles. The Bertz CT molecular complexity index is 467. The minimum Gasteiger partial charge on any atom is -0.480 e. The average molecular weight is 423 g/mol. The predicted octanol–water partition coefficient (Wildman–Crippen LogP) is 4.15. The van der Waals surface area contributed by atoms with Crippen LogP contribution in [0.25, 0.3) is 0 Å². The van der Waals surface area contributed by atoms with Gasteiger partial charge >= 0.3 is 13.8 Å². The smallest absolute Gasteiger partial charge is 0.469 e. The van der Waals surface area contributed by atoms with Gasteiger partial charge in [0.2, 0.25) is 5.91 Å². The molecule has 0 aliphatic rings. The summed E-state index contributed by atoms with van der Waals surface area (Å²) in [6.45, 7) is 1.45. The monoisotopic (exact) mass is 423 g/mol. The maximum absolute atomic E-state index is 11.8. The minimum atomic E-state index is -4.77. The second-order valence-corrected chi connectivity index (χ2v) is 8.48. The molecule has 0 bridgehead atoms. The molecule has 0 saturated heterocycles. The summed E-state index contributed by atoms with van der Waals surface area (Å²) in [6.07, 6.45) is 15.7. The molecule has 0 aliphatic carbocycles. The third-order valence-electron chi connectivity index (χ3n) is 4.55. The zero-order valence-corrected chi connectivity index (χ0v) is 18.0. The Morgan fingerprint density at radius 2 is 1.29 bits per heavy atom. The minimum absolute atomic E-state index is 0.192. The summed E-state index contributed by atoms with van der Waals surface area (Å²) in [5.74, 6) is -1.85. The lowest BCUT2D eigenvalue weighted by molar-refractivity contribution is -0.142. The Kier molecular flexibility index (Phi) is 16.4. The van der Waals surface area contributed by atoms with Gasteiger partial charge in [-0.1, -0.05) is 84.0 Å². The predicted molar refractivity (Wildman–Crippen MR) is 108 cm³/mol. The van der Waals surface area contributed by atoms with Gasteiger partial charge in [0.05, 0.1) is 6.61 Å². The zero-order valence-electron chi connectivity index (χ0n) is 17.1. The van der Waals surface area contributed by atoms with E-state index in [0.29, 0.717) is 6.42 Å². The lowest BCUT2D eigenvalue weighted by atomic mass is 10.0. The van der Waals surface area contributed by atoms with Crippen LogP contribution in [0, 0.1) is 0 Å². The quantitative estimate of drug-likeness (QED) is 0.181. The summed E-state index contributed by atoms with van der Waals surface area (Å²) in [6, 6.07) is -1.47. The highest BCUT2D eigenvalue weighted by atomic mass is 31.2. The van der Waals surface area contributed by atoms with Crippen LogP contribution >= 0.6 is 7.82 Å². The van der Waals surface area contributed by atoms with E-state index >= 15 is 0 Å². The van der Waals surface area contributed by atoms with Gasteiger partial charge in [-0.2, -0.15) is 0 Å². The number of amides is 1. The van der Waals surface area contributed by atoms with Gasteiger partial charge in [0.25, 0.3) is 0 Å². The molecule has 1 atom stereocenters. The van der Waals surface area contributed by atoms with Gasteiger partial charge in [0, 0.05) is 6.42 Å². The molecule has 166 valence electrons. The van der Waals surface area contributed by atoms with Crippen molar-refractivity contribution in [3.05, 3.63) is 0 Å². The van der Waals surface area contributed by atoms with Crippen molar-refractivity contribution in [2.45, 2.75) is 103 Å². The SMILES string of the molecule is CCCCCCCCCCCCCCCC(=O)N[C@@H](COP(=O)(O)O)C(=O)O. The summed E-state index contributed by atoms with van der Waals surface area (Å²) in [4.78, 5) is 40.0. The number of carbonyl (C=O) groups excluding carboxylic acids is 1. The second kappa shape index (κ2) is 17.0. The molecule has 0 aliphatic heterocycles. The maximum atomic E-state index is 11.8. The number of phosphoric ester groups is 1. The molecule has 1 amide bonds. The van der Waals surface area contributed by atoms with Gasteiger partial charge < -0.3 is 20.2 Å². The first-order valence-electron chi connectivity index (χ1n) is 10.5. The normalized spacial score (nSPS) is 12.7. The first-order valence-corrected chi connectivity index (χ1v) is 12.0. The molecule has 0 fully saturated rings. The molecule has 0 aromatic rings. The zero-order chi connectivity index (χ0) is 21.3. The van der Waals surface area contributed by atoms with Crippen molar-refractivity contribution in [2.75, 3.05) is 6.61 Å². The first kappa shape index (κ1) is 27.0. The summed E-state index contributed by atoms with van der Waals surface area (Å²) in [5, 5.41) is 11.2. The van der Waals surface area contributed by atoms with Gasteiger partial charge in [0.15, 0.2) is 6.04 Å². The average Bonchev–Trinajstić information content (AvgIpc) is 2.61. The van der Waals surface area contributed by atoms with E-state index in [-0.39, 0.29) is 6.42 Å². The Labute approximate surface area is 168 Å². The molecule has 0 rings (SSSR count). The van der Waals surface area contributed by atoms with Crippen LogP contribution in [0.1, 0.15) is 96.8 Å². The summed E-state index contributed by atoms with van der Waals surface area (Å²) >= 11 is 0. The van der Waals surface area contributed by atoms with Crippen LogP contribution in [0.4, 0.5) is 0 Å². The lowest BCUT2D eigenvalue weighted by Gasteiger charge is -2.15. The van der Waals surface area contributed by atoms with Crippen LogP contribution in [0.2, 0.25) is 0 Å². The number of carbonyl (C=O) groups is 2. The van der Waals surface area contributed by atoms with Gasteiger partial charge in [-0.25, -0.2) is 9.36 Å². The molecule has 0 unspecified atom stereocenters. The number of nitrogens with one attached hydrogen (secondary N) is 1. The standard InChI is InChI=1S/C19H38NO7P/c1-2-3-4-5-6-7-8-9-10-11-12-13-14-15-18(21)20-17(19(22)23)16-27-28(24,25)26/h17H,2-16H2,1H3,(H,20,21)(H,22,23)(H2,24,25,26)/t17-/m0/s1. The van der Waals surface area contributed by atoms with Crippen LogP contribution < -0.4 is 5.32 Å². The molecule has 0 saturated carbocycles. The Hall–Kier alpha value is -0.950. The molecule has 0 aromatic heterocycles. The summed E-state index contributed by atoms with van der Waals surface area (Å²) < 4.78 is 14.8. The van der Waals surface area contributed by atoms with E-state index in [2.05, 4.69) is 16.8 Å². The van der Waals surface area contributed by atoms with Crippen LogP contribution in [-0.2, 0) is 18.7 Å². The van der Waals surface area contributed by atoms with Crippen molar-refractivity contribution in [1.82, 2.24) is 5.32 Å². The molecule has 0 radical (unpaired) electrons. The first-order chi connectivity index (χ1) is 13.3. The topological polar surface area (TPSA) is 133 Å². The molecule has 0 heterocycles. The van der Waals surface area contributed by atoms with E-state index in [1.165, 1.54) is 57.8 Å². The van der Waals surface area contributed by atoms with Gasteiger partial charge in [0.1, 0.15) is 0 Å². The van der Waals surface area contributed by atoms with Crippen LogP contribution in [-0.4, -0.2) is 39.4 Å². The highest BCUT2D eigenvalue weighted by Crippen LogP contribution is 2.35. The molecular weight excluding hydrogens is 385 g/mol. The van der Waals surface area contributed by atoms with Crippen LogP contribution in [0.15, 0.2) is 0 Å². The third-order valence-corrected chi connectivity index (χ3v) is 5.04. The Morgan fingerprint density at radius 1 is 0.857 bits per heavy atom. The van der Waals surface area contributed by atoms with E-state index in [4.69, 9.17) is 14.9 Å². The van der Waals surface area contributed by atoms with Gasteiger partial charge in [-0.3, -0.25) is 9.32 Å². The second-order valence-electron chi connectivity index (χ2n) is 7.24. The lowest BCUT2D eigenvalue weighted by Crippen LogP contribution is -2.43. The number of phosphoric acid groups is 1. The molecule has 4 N–H and O–H groups in total. The van der Waals surface area contributed by atoms with Crippen molar-refractivity contribution < 1.29 is 33.6 Å². The fourth-order valence-electron chi connectivity index (χ4n) is 2.92. The highest BCUT2D eigenvalue weighted by Gasteiger charge is 2.24. The Balaban J connectivity index is 3.60. The van der Waals surface area contributed by atoms with Crippen LogP contribution in [0.5, 0.6) is 0 Å². The number of unbranched alkanes of at least 4 members (excludes halogenated alkanes) is 12. The number of carboxylic acid groups (broad SMARTS) is 1. The van der Waals surface area contributed by atoms with Crippen molar-refractivity contribution in [1.29, 1.82) is 0 Å². The van der Waals surface area contributed by atoms with Crippen LogP contribution in [0.3, 0.4) is 0 Å². The van der Waals surface area contributed by atoms with E-state index in [1.807, 2.05) is 0 Å². The van der Waals surface area contributed by atoms with E-state index in [1.54, 1.807) is 0 Å². The third kappa shape index (κ3) is 18.4. The number of hydrogen-bond donors (Lipinski definition) is 4. The van der Waals surface area contributed by atoms with Crippen molar-refractivity contribution in [3.63, 3.8) is 0 Å². The van der Waals surface area contributed by atoms with Crippen molar-refractivity contribution in [2.24, 2.45) is 0 Å². The number of carboxylic acids is 1. The molecule has 8 nitrogen and oxygen atoms in total. The van der Waals surface area contributed by atoms with E-state index < -0.39 is 32.3 Å². The molecular formula is C19H38NO7P. The maximum Gasteiger partial charge on any atom is 0.469 e. The van der Waals surface area contributed by atoms with Crippen molar-refractivity contribution in [3.8, 4) is 0 Å². The van der Waals surface area contributed by atoms with Crippen molar-refractivity contribution >= 4 is 19.7 Å². The Morgan fingerprint density at radius 3 is 1.68 bits per heavy atom. The molecule has 0 spiro atoms.